The molecule has 1 fully saturated rings. The van der Waals surface area contributed by atoms with E-state index in [1.165, 1.54) is 18.2 Å². The Morgan fingerprint density at radius 1 is 1.00 bits per heavy atom. The number of carbonyl (C=O) groups excluding carboxylic acids is 1. The number of hydrogen-bond donors (Lipinski definition) is 6. The number of phenolic OH excluding ortho intramolecular Hbond substituents is 1. The number of aliphatic hydroxyl groups excluding tert-OH is 4. The van der Waals surface area contributed by atoms with Crippen LogP contribution >= 0.6 is 0 Å². The fraction of sp³-hybridized carbons (Fsp3) is 0.281. The van der Waals surface area contributed by atoms with E-state index in [-0.39, 0.29) is 30.0 Å². The van der Waals surface area contributed by atoms with E-state index in [2.05, 4.69) is 6.58 Å². The molecule has 0 aromatic heterocycles. The molecular formula is C32H35NO7. The molecule has 1 saturated carbocycles. The Morgan fingerprint density at radius 2 is 1.70 bits per heavy atom. The fourth-order valence-corrected chi connectivity index (χ4v) is 5.10. The third kappa shape index (κ3) is 6.85. The largest absolute Gasteiger partial charge is 0.504 e. The van der Waals surface area contributed by atoms with Crippen molar-refractivity contribution in [2.45, 2.75) is 37.3 Å². The molecule has 1 aliphatic rings. The summed E-state index contributed by atoms with van der Waals surface area (Å²) in [6, 6.07) is 20.1. The van der Waals surface area contributed by atoms with Crippen molar-refractivity contribution < 1.29 is 35.1 Å². The minimum absolute atomic E-state index is 0.00756. The summed E-state index contributed by atoms with van der Waals surface area (Å²) in [7, 11) is 0. The fourth-order valence-electron chi connectivity index (χ4n) is 5.10. The van der Waals surface area contributed by atoms with Crippen molar-refractivity contribution in [3.8, 4) is 11.5 Å². The molecule has 7 N–H and O–H groups in total. The van der Waals surface area contributed by atoms with E-state index in [9.17, 15) is 30.3 Å². The van der Waals surface area contributed by atoms with Crippen molar-refractivity contribution >= 4 is 5.97 Å². The lowest BCUT2D eigenvalue weighted by molar-refractivity contribution is 0.0729. The summed E-state index contributed by atoms with van der Waals surface area (Å²) in [6.07, 6.45) is 0.719. The number of esters is 1. The minimum Gasteiger partial charge on any atom is -0.504 e. The molecule has 0 radical (unpaired) electrons. The van der Waals surface area contributed by atoms with Crippen molar-refractivity contribution in [2.75, 3.05) is 6.54 Å². The van der Waals surface area contributed by atoms with Crippen molar-refractivity contribution in [2.24, 2.45) is 17.6 Å². The molecule has 0 spiro atoms. The number of rotatable bonds is 10. The average molecular weight is 546 g/mol. The quantitative estimate of drug-likeness (QED) is 0.129. The van der Waals surface area contributed by atoms with Gasteiger partial charge in [0.15, 0.2) is 11.5 Å². The predicted molar refractivity (Wildman–Crippen MR) is 151 cm³/mol. The smallest absolute Gasteiger partial charge is 0.343 e. The van der Waals surface area contributed by atoms with E-state index in [0.29, 0.717) is 12.0 Å². The Balaban J connectivity index is 1.39. The number of benzene rings is 3. The van der Waals surface area contributed by atoms with Crippen molar-refractivity contribution in [3.05, 3.63) is 119 Å². The Labute approximate surface area is 233 Å². The molecular weight excluding hydrogens is 510 g/mol. The van der Waals surface area contributed by atoms with Crippen molar-refractivity contribution in [1.82, 2.24) is 0 Å². The molecule has 40 heavy (non-hydrogen) atoms. The molecule has 0 bridgehead atoms. The second-order valence-corrected chi connectivity index (χ2v) is 10.1. The van der Waals surface area contributed by atoms with E-state index in [1.807, 2.05) is 30.3 Å². The molecule has 4 unspecified atom stereocenters. The minimum atomic E-state index is -0.932. The van der Waals surface area contributed by atoms with Gasteiger partial charge in [0.1, 0.15) is 0 Å². The van der Waals surface area contributed by atoms with E-state index in [4.69, 9.17) is 10.5 Å². The van der Waals surface area contributed by atoms with Gasteiger partial charge in [-0.3, -0.25) is 0 Å². The lowest BCUT2D eigenvalue weighted by Gasteiger charge is -2.24. The van der Waals surface area contributed by atoms with Gasteiger partial charge in [-0.1, -0.05) is 72.8 Å². The van der Waals surface area contributed by atoms with Gasteiger partial charge < -0.3 is 36.0 Å². The zero-order valence-corrected chi connectivity index (χ0v) is 22.0. The maximum atomic E-state index is 12.6. The molecule has 6 atom stereocenters. The lowest BCUT2D eigenvalue weighted by Crippen LogP contribution is -2.23. The van der Waals surface area contributed by atoms with Crippen LogP contribution in [0.4, 0.5) is 0 Å². The summed E-state index contributed by atoms with van der Waals surface area (Å²) in [6.45, 7) is 4.18. The highest BCUT2D eigenvalue weighted by Crippen LogP contribution is 2.39. The first-order chi connectivity index (χ1) is 19.2. The monoisotopic (exact) mass is 545 g/mol. The zero-order valence-electron chi connectivity index (χ0n) is 22.0. The number of nitrogens with two attached hydrogens (primary N) is 1. The van der Waals surface area contributed by atoms with Crippen LogP contribution in [0, 0.1) is 11.8 Å². The molecule has 0 aliphatic heterocycles. The summed E-state index contributed by atoms with van der Waals surface area (Å²) in [5, 5.41) is 51.8. The van der Waals surface area contributed by atoms with Crippen LogP contribution in [0.1, 0.15) is 45.7 Å². The lowest BCUT2D eigenvalue weighted by atomic mass is 9.84. The topological polar surface area (TPSA) is 153 Å². The van der Waals surface area contributed by atoms with Gasteiger partial charge in [-0.25, -0.2) is 4.79 Å². The van der Waals surface area contributed by atoms with Crippen LogP contribution in [-0.2, 0) is 6.42 Å². The highest BCUT2D eigenvalue weighted by molar-refractivity contribution is 5.91. The number of phenols is 1. The number of ether oxygens (including phenoxy) is 1. The molecule has 3 aromatic carbocycles. The van der Waals surface area contributed by atoms with E-state index in [0.717, 1.165) is 16.7 Å². The number of carbonyl (C=O) groups is 1. The molecule has 1 aliphatic carbocycles. The van der Waals surface area contributed by atoms with Gasteiger partial charge in [-0.2, -0.15) is 0 Å². The summed E-state index contributed by atoms with van der Waals surface area (Å²) in [5.74, 6) is -1.80. The first kappa shape index (κ1) is 29.2. The van der Waals surface area contributed by atoms with Gasteiger partial charge in [0.05, 0.1) is 30.0 Å². The Morgan fingerprint density at radius 3 is 2.35 bits per heavy atom. The van der Waals surface area contributed by atoms with Crippen LogP contribution in [0.2, 0.25) is 0 Å². The van der Waals surface area contributed by atoms with Crippen molar-refractivity contribution in [1.29, 1.82) is 0 Å². The predicted octanol–water partition coefficient (Wildman–Crippen LogP) is 3.35. The zero-order chi connectivity index (χ0) is 28.8. The highest BCUT2D eigenvalue weighted by Gasteiger charge is 2.41. The number of aromatic hydroxyl groups is 1. The standard InChI is InChI=1S/C32H35NO7/c1-19(31-24(26(35)17-28(31)37)12-13-25(34)21-5-3-2-4-6-21)15-20-7-9-22(10-8-20)32(39)40-30-14-11-23(16-27(30)36)29(38)18-33/h2-14,16,24-26,28-29,31,34-38H,1,15,17-18,33H2/b13-12+/t24-,25?,26?,28?,29?,31+/m0/s1. The summed E-state index contributed by atoms with van der Waals surface area (Å²) >= 11 is 0. The average Bonchev–Trinajstić information content (AvgIpc) is 3.25. The van der Waals surface area contributed by atoms with Crippen molar-refractivity contribution in [3.63, 3.8) is 0 Å². The number of hydrogen-bond acceptors (Lipinski definition) is 8. The molecule has 8 heteroatoms. The maximum absolute atomic E-state index is 12.6. The van der Waals surface area contributed by atoms with Gasteiger partial charge in [0, 0.05) is 24.8 Å². The highest BCUT2D eigenvalue weighted by atomic mass is 16.5. The van der Waals surface area contributed by atoms with Crippen LogP contribution in [-0.4, -0.2) is 50.3 Å². The second kappa shape index (κ2) is 13.0. The Kier molecular flexibility index (Phi) is 9.52. The molecule has 0 saturated heterocycles. The van der Waals surface area contributed by atoms with Crippen LogP contribution in [0.15, 0.2) is 97.1 Å². The molecule has 4 rings (SSSR count). The van der Waals surface area contributed by atoms with Gasteiger partial charge in [-0.15, -0.1) is 0 Å². The molecule has 0 amide bonds. The van der Waals surface area contributed by atoms with Gasteiger partial charge in [-0.05, 0) is 47.4 Å². The maximum Gasteiger partial charge on any atom is 0.343 e. The molecule has 8 nitrogen and oxygen atoms in total. The molecule has 210 valence electrons. The third-order valence-electron chi connectivity index (χ3n) is 7.30. The van der Waals surface area contributed by atoms with E-state index < -0.39 is 42.2 Å². The molecule has 3 aromatic rings. The van der Waals surface area contributed by atoms with E-state index in [1.54, 1.807) is 36.4 Å². The van der Waals surface area contributed by atoms with Gasteiger partial charge in [0.25, 0.3) is 0 Å². The first-order valence-electron chi connectivity index (χ1n) is 13.1. The third-order valence-corrected chi connectivity index (χ3v) is 7.30. The normalized spacial score (nSPS) is 22.2. The van der Waals surface area contributed by atoms with Gasteiger partial charge >= 0.3 is 5.97 Å². The Hall–Kier alpha value is -3.79. The second-order valence-electron chi connectivity index (χ2n) is 10.1. The van der Waals surface area contributed by atoms with Crippen LogP contribution in [0.25, 0.3) is 0 Å². The van der Waals surface area contributed by atoms with Crippen LogP contribution in [0.3, 0.4) is 0 Å². The molecule has 0 heterocycles. The first-order valence-corrected chi connectivity index (χ1v) is 13.1. The number of aliphatic hydroxyl groups is 4. The van der Waals surface area contributed by atoms with Gasteiger partial charge in [0.2, 0.25) is 0 Å². The SMILES string of the molecule is C=C(Cc1ccc(C(=O)Oc2ccc(C(O)CN)cc2O)cc1)[C@H]1C(O)CC(O)[C@@H]1/C=C/C(O)c1ccccc1. The summed E-state index contributed by atoms with van der Waals surface area (Å²) < 4.78 is 5.31. The van der Waals surface area contributed by atoms with Crippen LogP contribution in [0.5, 0.6) is 11.5 Å². The summed E-state index contributed by atoms with van der Waals surface area (Å²) in [5.41, 5.74) is 8.43. The van der Waals surface area contributed by atoms with Crippen LogP contribution < -0.4 is 10.5 Å². The van der Waals surface area contributed by atoms with E-state index >= 15 is 0 Å². The summed E-state index contributed by atoms with van der Waals surface area (Å²) in [4.78, 5) is 12.6. The Bertz CT molecular complexity index is 1340.